The van der Waals surface area contributed by atoms with Crippen molar-refractivity contribution >= 4 is 23.2 Å². The summed E-state index contributed by atoms with van der Waals surface area (Å²) in [6, 6.07) is 14.0. The molecule has 3 aliphatic heterocycles. The molecule has 2 fully saturated rings. The van der Waals surface area contributed by atoms with Crippen LogP contribution >= 0.6 is 0 Å². The number of ether oxygens (including phenoxy) is 2. The first-order chi connectivity index (χ1) is 22.5. The minimum Gasteiger partial charge on any atom is -0.486 e. The number of aryl methyl sites for hydroxylation is 1. The van der Waals surface area contributed by atoms with Crippen LogP contribution < -0.4 is 20.3 Å². The number of nitrogens with one attached hydrogen (secondary N) is 2. The van der Waals surface area contributed by atoms with E-state index in [-0.39, 0.29) is 24.5 Å². The van der Waals surface area contributed by atoms with Crippen molar-refractivity contribution in [3.63, 3.8) is 0 Å². The number of amides is 1. The van der Waals surface area contributed by atoms with Gasteiger partial charge < -0.3 is 34.5 Å². The number of carbonyl (C=O) groups excluding carboxylic acids is 1. The Morgan fingerprint density at radius 2 is 2.02 bits per heavy atom. The van der Waals surface area contributed by atoms with Crippen LogP contribution in [0.15, 0.2) is 65.7 Å². The van der Waals surface area contributed by atoms with E-state index in [9.17, 15) is 9.90 Å². The van der Waals surface area contributed by atoms with Crippen LogP contribution in [0.2, 0.25) is 0 Å². The molecule has 0 spiro atoms. The quantitative estimate of drug-likeness (QED) is 0.225. The molecule has 3 N–H and O–H groups in total. The standard InChI is InChI=1S/C34H39N7O5/c1-22-31(46-21-37-22)20-45-30-7-4-24-16-40(10-8-23(24)11-30)17-29(42)15-36-34(43)25-12-32(38-26-3-2-9-35-14-26)39-33(13-25)41-27-5-6-28(41)19-44-18-27/h2-4,7,9,11-14,21,27-29,42H,5-6,8,10,15-20H2,1H3,(H,36,43)(H,38,39)/t27-,28+,29-/m0/s1. The molecule has 0 radical (unpaired) electrons. The molecule has 3 aromatic heterocycles. The summed E-state index contributed by atoms with van der Waals surface area (Å²) in [5, 5.41) is 17.2. The third-order valence-corrected chi connectivity index (χ3v) is 8.96. The highest BCUT2D eigenvalue weighted by Gasteiger charge is 2.38. The first-order valence-electron chi connectivity index (χ1n) is 15.9. The average Bonchev–Trinajstić information content (AvgIpc) is 3.60. The van der Waals surface area contributed by atoms with Crippen molar-refractivity contribution in [1.82, 2.24) is 25.2 Å². The summed E-state index contributed by atoms with van der Waals surface area (Å²) < 4.78 is 17.1. The van der Waals surface area contributed by atoms with E-state index in [0.29, 0.717) is 37.7 Å². The van der Waals surface area contributed by atoms with Crippen molar-refractivity contribution < 1.29 is 23.8 Å². The van der Waals surface area contributed by atoms with E-state index < -0.39 is 6.10 Å². The lowest BCUT2D eigenvalue weighted by molar-refractivity contribution is 0.0841. The third kappa shape index (κ3) is 6.84. The maximum Gasteiger partial charge on any atom is 0.251 e. The van der Waals surface area contributed by atoms with Crippen molar-refractivity contribution in [3.8, 4) is 5.75 Å². The molecule has 6 heterocycles. The second-order valence-corrected chi connectivity index (χ2v) is 12.2. The van der Waals surface area contributed by atoms with Crippen molar-refractivity contribution in [2.75, 3.05) is 43.1 Å². The highest BCUT2D eigenvalue weighted by atomic mass is 16.5. The number of oxazole rings is 1. The smallest absolute Gasteiger partial charge is 0.251 e. The van der Waals surface area contributed by atoms with Gasteiger partial charge in [0.05, 0.1) is 49.0 Å². The second kappa shape index (κ2) is 13.5. The summed E-state index contributed by atoms with van der Waals surface area (Å²) >= 11 is 0. The molecule has 12 nitrogen and oxygen atoms in total. The Morgan fingerprint density at radius 1 is 1.15 bits per heavy atom. The first kappa shape index (κ1) is 30.2. The van der Waals surface area contributed by atoms with Gasteiger partial charge in [0.15, 0.2) is 12.2 Å². The summed E-state index contributed by atoms with van der Waals surface area (Å²) in [4.78, 5) is 31.1. The Labute approximate surface area is 267 Å². The van der Waals surface area contributed by atoms with Gasteiger partial charge in [0, 0.05) is 37.9 Å². The van der Waals surface area contributed by atoms with Crippen LogP contribution in [0.4, 0.5) is 17.3 Å². The second-order valence-electron chi connectivity index (χ2n) is 12.2. The van der Waals surface area contributed by atoms with Crippen LogP contribution in [0, 0.1) is 6.92 Å². The van der Waals surface area contributed by atoms with Crippen molar-refractivity contribution in [2.45, 2.75) is 57.5 Å². The van der Waals surface area contributed by atoms with Crippen LogP contribution in [-0.4, -0.2) is 81.9 Å². The molecule has 4 aromatic rings. The highest BCUT2D eigenvalue weighted by Crippen LogP contribution is 2.34. The molecule has 3 atom stereocenters. The number of hydrogen-bond acceptors (Lipinski definition) is 11. The Bertz CT molecular complexity index is 1650. The fraction of sp³-hybridized carbons (Fsp3) is 0.412. The molecule has 7 rings (SSSR count). The van der Waals surface area contributed by atoms with Crippen LogP contribution in [0.3, 0.4) is 0 Å². The van der Waals surface area contributed by atoms with Gasteiger partial charge in [-0.15, -0.1) is 0 Å². The van der Waals surface area contributed by atoms with Gasteiger partial charge in [0.2, 0.25) is 0 Å². The van der Waals surface area contributed by atoms with Crippen LogP contribution in [0.1, 0.15) is 45.8 Å². The van der Waals surface area contributed by atoms with Gasteiger partial charge in [0.25, 0.3) is 5.91 Å². The minimum atomic E-state index is -0.720. The zero-order valence-electron chi connectivity index (χ0n) is 25.9. The van der Waals surface area contributed by atoms with E-state index >= 15 is 0 Å². The number of pyridine rings is 2. The molecule has 0 unspecified atom stereocenters. The number of morpholine rings is 1. The number of fused-ring (bicyclic) bond motifs is 3. The molecular formula is C34H39N7O5. The number of rotatable bonds is 11. The Hall–Kier alpha value is -4.52. The summed E-state index contributed by atoms with van der Waals surface area (Å²) in [5.41, 5.74) is 4.55. The van der Waals surface area contributed by atoms with Crippen LogP contribution in [0.25, 0.3) is 0 Å². The van der Waals surface area contributed by atoms with Gasteiger partial charge in [-0.25, -0.2) is 9.97 Å². The van der Waals surface area contributed by atoms with E-state index in [1.165, 1.54) is 17.5 Å². The van der Waals surface area contributed by atoms with E-state index in [1.54, 1.807) is 18.5 Å². The molecular weight excluding hydrogens is 586 g/mol. The molecule has 1 aromatic carbocycles. The molecule has 0 aliphatic carbocycles. The molecule has 3 aliphatic rings. The lowest BCUT2D eigenvalue weighted by Gasteiger charge is -2.36. The summed E-state index contributed by atoms with van der Waals surface area (Å²) in [5.74, 6) is 2.58. The monoisotopic (exact) mass is 625 g/mol. The molecule has 46 heavy (non-hydrogen) atoms. The lowest BCUT2D eigenvalue weighted by atomic mass is 9.99. The minimum absolute atomic E-state index is 0.141. The molecule has 12 heteroatoms. The lowest BCUT2D eigenvalue weighted by Crippen LogP contribution is -2.46. The van der Waals surface area contributed by atoms with Gasteiger partial charge in [-0.05, 0) is 73.7 Å². The Kier molecular flexibility index (Phi) is 8.82. The first-order valence-corrected chi connectivity index (χ1v) is 15.9. The van der Waals surface area contributed by atoms with Crippen LogP contribution in [-0.2, 0) is 24.3 Å². The maximum absolute atomic E-state index is 13.4. The number of aromatic nitrogens is 3. The predicted octanol–water partition coefficient (Wildman–Crippen LogP) is 3.61. The topological polar surface area (TPSA) is 138 Å². The molecule has 2 saturated heterocycles. The average molecular weight is 626 g/mol. The van der Waals surface area contributed by atoms with Gasteiger partial charge in [0.1, 0.15) is 24.0 Å². The molecule has 240 valence electrons. The fourth-order valence-corrected chi connectivity index (χ4v) is 6.55. The number of aliphatic hydroxyl groups excluding tert-OH is 1. The number of nitrogens with zero attached hydrogens (tertiary/aromatic N) is 5. The SMILES string of the molecule is Cc1ncoc1COc1ccc2c(c1)CCN(C[C@@H](O)CNC(=O)c1cc(Nc3cccnc3)nc(N3[C@@H]4CC[C@H]3COC4)c1)C2. The Morgan fingerprint density at radius 3 is 2.80 bits per heavy atom. The number of benzene rings is 1. The molecule has 1 amide bonds. The number of β-amino-alcohol motifs (C(OH)–C–C–N with tert-alkyl or cyclic N) is 1. The van der Waals surface area contributed by atoms with E-state index in [2.05, 4.69) is 42.5 Å². The van der Waals surface area contributed by atoms with Gasteiger partial charge >= 0.3 is 0 Å². The van der Waals surface area contributed by atoms with Gasteiger partial charge in [-0.3, -0.25) is 14.7 Å². The Balaban J connectivity index is 0.963. The number of hydrogen-bond donors (Lipinski definition) is 3. The van der Waals surface area contributed by atoms with Gasteiger partial charge in [-0.1, -0.05) is 6.07 Å². The largest absolute Gasteiger partial charge is 0.486 e. The molecule has 2 bridgehead atoms. The number of anilines is 3. The van der Waals surface area contributed by atoms with E-state index in [1.807, 2.05) is 31.2 Å². The number of aliphatic hydroxyl groups is 1. The predicted molar refractivity (Wildman–Crippen MR) is 171 cm³/mol. The summed E-state index contributed by atoms with van der Waals surface area (Å²) in [6.07, 6.45) is 7.07. The van der Waals surface area contributed by atoms with Crippen LogP contribution in [0.5, 0.6) is 5.75 Å². The molecule has 0 saturated carbocycles. The maximum atomic E-state index is 13.4. The zero-order valence-corrected chi connectivity index (χ0v) is 25.9. The van der Waals surface area contributed by atoms with Crippen molar-refractivity contribution in [1.29, 1.82) is 0 Å². The third-order valence-electron chi connectivity index (χ3n) is 8.96. The highest BCUT2D eigenvalue weighted by molar-refractivity contribution is 5.96. The van der Waals surface area contributed by atoms with Crippen molar-refractivity contribution in [3.05, 3.63) is 89.4 Å². The van der Waals surface area contributed by atoms with E-state index in [0.717, 1.165) is 61.1 Å². The fourth-order valence-electron chi connectivity index (χ4n) is 6.55. The van der Waals surface area contributed by atoms with Gasteiger partial charge in [-0.2, -0.15) is 0 Å². The van der Waals surface area contributed by atoms with E-state index in [4.69, 9.17) is 18.9 Å². The normalized spacial score (nSPS) is 19.8. The zero-order chi connectivity index (χ0) is 31.5. The summed E-state index contributed by atoms with van der Waals surface area (Å²) in [7, 11) is 0. The van der Waals surface area contributed by atoms with Crippen molar-refractivity contribution in [2.24, 2.45) is 0 Å². The number of carbonyl (C=O) groups is 1. The summed E-state index contributed by atoms with van der Waals surface area (Å²) in [6.45, 7) is 5.68.